The molecular formula is C5H16N2OSi. The molecule has 9 heavy (non-hydrogen) atoms. The second-order valence-corrected chi connectivity index (χ2v) is 2.73. The van der Waals surface area contributed by atoms with Gasteiger partial charge < -0.3 is 15.9 Å². The second-order valence-electron chi connectivity index (χ2n) is 2.15. The number of rotatable bonds is 5. The van der Waals surface area contributed by atoms with Gasteiger partial charge in [-0.15, -0.1) is 0 Å². The Morgan fingerprint density at radius 2 is 2.00 bits per heavy atom. The van der Waals surface area contributed by atoms with Crippen LogP contribution in [0.3, 0.4) is 0 Å². The Balaban J connectivity index is 2.75. The largest absolute Gasteiger partial charge is 0.428 e. The quantitative estimate of drug-likeness (QED) is 0.289. The molecule has 0 aromatic heterocycles. The summed E-state index contributed by atoms with van der Waals surface area (Å²) in [6, 6.07) is 0. The molecule has 56 valence electrons. The summed E-state index contributed by atoms with van der Waals surface area (Å²) in [6.07, 6.45) is 2.94. The summed E-state index contributed by atoms with van der Waals surface area (Å²) >= 11 is 0. The molecule has 0 heterocycles. The minimum atomic E-state index is -0.140. The summed E-state index contributed by atoms with van der Waals surface area (Å²) in [4.78, 5) is 0. The third-order valence-electron chi connectivity index (χ3n) is 1.14. The van der Waals surface area contributed by atoms with E-state index in [2.05, 4.69) is 0 Å². The van der Waals surface area contributed by atoms with Crippen LogP contribution in [0.5, 0.6) is 0 Å². The summed E-state index contributed by atoms with van der Waals surface area (Å²) < 4.78 is 4.98. The molecule has 0 aliphatic rings. The van der Waals surface area contributed by atoms with Gasteiger partial charge in [0, 0.05) is 6.61 Å². The van der Waals surface area contributed by atoms with Crippen molar-refractivity contribution in [3.63, 3.8) is 0 Å². The van der Waals surface area contributed by atoms with Gasteiger partial charge in [0.15, 0.2) is 0 Å². The highest BCUT2D eigenvalue weighted by Gasteiger charge is 1.92. The Labute approximate surface area is 59.3 Å². The molecule has 0 spiro atoms. The molecule has 3 nitrogen and oxygen atoms in total. The van der Waals surface area contributed by atoms with Gasteiger partial charge in [-0.2, -0.15) is 0 Å². The predicted octanol–water partition coefficient (Wildman–Crippen LogP) is -1.30. The second kappa shape index (κ2) is 6.22. The summed E-state index contributed by atoms with van der Waals surface area (Å²) in [5.41, 5.74) is 10.6. The molecule has 4 heteroatoms. The van der Waals surface area contributed by atoms with Crippen molar-refractivity contribution in [1.82, 2.24) is 0 Å². The number of hydrogen-bond acceptors (Lipinski definition) is 3. The van der Waals surface area contributed by atoms with E-state index in [9.17, 15) is 0 Å². The van der Waals surface area contributed by atoms with Gasteiger partial charge in [0.2, 0.25) is 0 Å². The number of unbranched alkanes of at least 4 members (excludes halogenated alkanes) is 1. The molecule has 0 atom stereocenters. The summed E-state index contributed by atoms with van der Waals surface area (Å²) in [7, 11) is 0.840. The zero-order valence-corrected chi connectivity index (χ0v) is 7.97. The Morgan fingerprint density at radius 1 is 1.33 bits per heavy atom. The first kappa shape index (κ1) is 9.10. The topological polar surface area (TPSA) is 61.3 Å². The third-order valence-corrected chi connectivity index (χ3v) is 1.54. The molecular weight excluding hydrogens is 132 g/mol. The first-order chi connectivity index (χ1) is 4.27. The van der Waals surface area contributed by atoms with E-state index < -0.39 is 0 Å². The molecule has 0 rings (SSSR count). The molecule has 0 saturated carbocycles. The van der Waals surface area contributed by atoms with Crippen LogP contribution in [0.1, 0.15) is 19.3 Å². The molecule has 0 aromatic carbocycles. The van der Waals surface area contributed by atoms with E-state index >= 15 is 0 Å². The van der Waals surface area contributed by atoms with Crippen molar-refractivity contribution < 1.29 is 4.43 Å². The summed E-state index contributed by atoms with van der Waals surface area (Å²) in [6.45, 7) is 0.874. The molecule has 0 saturated heterocycles. The van der Waals surface area contributed by atoms with E-state index in [1.165, 1.54) is 0 Å². The Hall–Kier alpha value is 0.0969. The van der Waals surface area contributed by atoms with Crippen LogP contribution in [0, 0.1) is 0 Å². The zero-order valence-electron chi connectivity index (χ0n) is 5.97. The van der Waals surface area contributed by atoms with Crippen molar-refractivity contribution in [1.29, 1.82) is 0 Å². The van der Waals surface area contributed by atoms with Gasteiger partial charge in [-0.05, 0) is 19.3 Å². The van der Waals surface area contributed by atoms with Gasteiger partial charge in [0.25, 0.3) is 0 Å². The van der Waals surface area contributed by atoms with Crippen molar-refractivity contribution in [2.45, 2.75) is 25.4 Å². The first-order valence-electron chi connectivity index (χ1n) is 3.27. The van der Waals surface area contributed by atoms with Gasteiger partial charge in [0.05, 0.1) is 6.17 Å². The molecule has 0 aliphatic heterocycles. The normalized spacial score (nSPS) is 11.0. The maximum absolute atomic E-state index is 5.32. The molecule has 0 amide bonds. The van der Waals surface area contributed by atoms with Crippen LogP contribution >= 0.6 is 0 Å². The standard InChI is InChI=1S/C5H16N2OSi/c6-5(7)3-1-2-4-8-9/h5H,1-4,6-7H2,9H3. The van der Waals surface area contributed by atoms with Crippen molar-refractivity contribution in [3.05, 3.63) is 0 Å². The molecule has 0 unspecified atom stereocenters. The van der Waals surface area contributed by atoms with Crippen LogP contribution in [0.15, 0.2) is 0 Å². The van der Waals surface area contributed by atoms with Gasteiger partial charge in [-0.3, -0.25) is 0 Å². The van der Waals surface area contributed by atoms with Crippen LogP contribution < -0.4 is 11.5 Å². The van der Waals surface area contributed by atoms with Crippen LogP contribution in [0.25, 0.3) is 0 Å². The first-order valence-corrected chi connectivity index (χ1v) is 4.09. The van der Waals surface area contributed by atoms with E-state index in [4.69, 9.17) is 15.9 Å². The zero-order chi connectivity index (χ0) is 7.11. The van der Waals surface area contributed by atoms with Crippen molar-refractivity contribution in [2.75, 3.05) is 6.61 Å². The van der Waals surface area contributed by atoms with Gasteiger partial charge in [-0.1, -0.05) is 0 Å². The molecule has 0 aliphatic carbocycles. The smallest absolute Gasteiger partial charge is 0.145 e. The highest BCUT2D eigenvalue weighted by atomic mass is 28.2. The van der Waals surface area contributed by atoms with Gasteiger partial charge in [-0.25, -0.2) is 0 Å². The van der Waals surface area contributed by atoms with Crippen LogP contribution in [-0.2, 0) is 4.43 Å². The average Bonchev–Trinajstić information content (AvgIpc) is 1.80. The fraction of sp³-hybridized carbons (Fsp3) is 1.00. The molecule has 0 radical (unpaired) electrons. The lowest BCUT2D eigenvalue weighted by Gasteiger charge is -2.03. The maximum Gasteiger partial charge on any atom is 0.145 e. The van der Waals surface area contributed by atoms with Crippen LogP contribution in [0.4, 0.5) is 0 Å². The highest BCUT2D eigenvalue weighted by Crippen LogP contribution is 1.94. The highest BCUT2D eigenvalue weighted by molar-refractivity contribution is 5.97. The minimum Gasteiger partial charge on any atom is -0.428 e. The van der Waals surface area contributed by atoms with Crippen LogP contribution in [0.2, 0.25) is 0 Å². The molecule has 0 fully saturated rings. The van der Waals surface area contributed by atoms with E-state index in [0.717, 1.165) is 36.4 Å². The van der Waals surface area contributed by atoms with Gasteiger partial charge in [0.1, 0.15) is 10.5 Å². The third kappa shape index (κ3) is 8.10. The maximum atomic E-state index is 5.32. The van der Waals surface area contributed by atoms with Crippen molar-refractivity contribution in [2.24, 2.45) is 11.5 Å². The summed E-state index contributed by atoms with van der Waals surface area (Å²) in [5, 5.41) is 0. The number of hydrogen-bond donors (Lipinski definition) is 2. The van der Waals surface area contributed by atoms with Crippen molar-refractivity contribution >= 4 is 10.5 Å². The fourth-order valence-electron chi connectivity index (χ4n) is 0.626. The average molecular weight is 148 g/mol. The number of nitrogens with two attached hydrogens (primary N) is 2. The lowest BCUT2D eigenvalue weighted by Crippen LogP contribution is -2.29. The van der Waals surface area contributed by atoms with E-state index in [1.807, 2.05) is 0 Å². The Bertz CT molecular complexity index is 60.9. The molecule has 0 bridgehead atoms. The van der Waals surface area contributed by atoms with E-state index in [1.54, 1.807) is 0 Å². The SMILES string of the molecule is NC(N)CCCCO[SiH3]. The monoisotopic (exact) mass is 148 g/mol. The summed E-state index contributed by atoms with van der Waals surface area (Å²) in [5.74, 6) is 0. The van der Waals surface area contributed by atoms with E-state index in [0.29, 0.717) is 0 Å². The van der Waals surface area contributed by atoms with Crippen LogP contribution in [-0.4, -0.2) is 23.3 Å². The minimum absolute atomic E-state index is 0.140. The Kier molecular flexibility index (Phi) is 6.29. The van der Waals surface area contributed by atoms with Gasteiger partial charge >= 0.3 is 0 Å². The fourth-order valence-corrected chi connectivity index (χ4v) is 0.915. The molecule has 4 N–H and O–H groups in total. The molecule has 0 aromatic rings. The Morgan fingerprint density at radius 3 is 2.44 bits per heavy atom. The van der Waals surface area contributed by atoms with Crippen molar-refractivity contribution in [3.8, 4) is 0 Å². The van der Waals surface area contributed by atoms with E-state index in [-0.39, 0.29) is 6.17 Å². The lowest BCUT2D eigenvalue weighted by atomic mass is 10.2. The lowest BCUT2D eigenvalue weighted by molar-refractivity contribution is 0.331. The predicted molar refractivity (Wildman–Crippen MR) is 41.9 cm³/mol.